The third-order valence-electron chi connectivity index (χ3n) is 3.07. The predicted octanol–water partition coefficient (Wildman–Crippen LogP) is 3.42. The largest absolute Gasteiger partial charge is 0.356 e. The number of nitrogens with zero attached hydrogens (tertiary/aromatic N) is 1. The van der Waals surface area contributed by atoms with E-state index in [0.29, 0.717) is 12.5 Å². The first-order valence-electron chi connectivity index (χ1n) is 7.24. The van der Waals surface area contributed by atoms with Crippen molar-refractivity contribution in [2.45, 2.75) is 11.4 Å². The molecule has 0 unspecified atom stereocenters. The van der Waals surface area contributed by atoms with Crippen LogP contribution in [0.15, 0.2) is 58.4 Å². The summed E-state index contributed by atoms with van der Waals surface area (Å²) in [6, 6.07) is 12.8. The number of guanidine groups is 1. The van der Waals surface area contributed by atoms with E-state index < -0.39 is 0 Å². The zero-order valence-corrected chi connectivity index (χ0v) is 13.7. The lowest BCUT2D eigenvalue weighted by atomic mass is 10.2. The van der Waals surface area contributed by atoms with Crippen molar-refractivity contribution in [1.82, 2.24) is 10.6 Å². The molecule has 0 aliphatic heterocycles. The van der Waals surface area contributed by atoms with Crippen LogP contribution in [0.25, 0.3) is 0 Å². The maximum atomic E-state index is 12.8. The van der Waals surface area contributed by atoms with Gasteiger partial charge in [-0.2, -0.15) is 0 Å². The first kappa shape index (κ1) is 17.3. The van der Waals surface area contributed by atoms with Crippen molar-refractivity contribution in [1.29, 1.82) is 0 Å². The Morgan fingerprint density at radius 1 is 0.957 bits per heavy atom. The molecular formula is C17H19F2N3S. The van der Waals surface area contributed by atoms with Gasteiger partial charge in [0.05, 0.1) is 0 Å². The highest BCUT2D eigenvalue weighted by Crippen LogP contribution is 2.17. The molecule has 0 saturated heterocycles. The van der Waals surface area contributed by atoms with Gasteiger partial charge < -0.3 is 10.6 Å². The van der Waals surface area contributed by atoms with Gasteiger partial charge >= 0.3 is 0 Å². The van der Waals surface area contributed by atoms with Gasteiger partial charge in [0.25, 0.3) is 0 Å². The average Bonchev–Trinajstić information content (AvgIpc) is 2.57. The summed E-state index contributed by atoms with van der Waals surface area (Å²) in [6.07, 6.45) is 0. The molecule has 6 heteroatoms. The van der Waals surface area contributed by atoms with Crippen LogP contribution in [0.5, 0.6) is 0 Å². The molecule has 0 saturated carbocycles. The van der Waals surface area contributed by atoms with Gasteiger partial charge in [-0.3, -0.25) is 4.99 Å². The van der Waals surface area contributed by atoms with Crippen LogP contribution < -0.4 is 10.6 Å². The summed E-state index contributed by atoms with van der Waals surface area (Å²) in [5.41, 5.74) is 0.982. The van der Waals surface area contributed by atoms with Crippen molar-refractivity contribution in [3.8, 4) is 0 Å². The predicted molar refractivity (Wildman–Crippen MR) is 91.7 cm³/mol. The summed E-state index contributed by atoms with van der Waals surface area (Å²) in [5, 5.41) is 6.37. The second-order valence-corrected chi connectivity index (χ2v) is 5.95. The number of hydrogen-bond acceptors (Lipinski definition) is 2. The molecule has 0 heterocycles. The van der Waals surface area contributed by atoms with Crippen LogP contribution in [-0.2, 0) is 6.54 Å². The smallest absolute Gasteiger partial charge is 0.191 e. The van der Waals surface area contributed by atoms with Gasteiger partial charge in [0.15, 0.2) is 5.96 Å². The summed E-state index contributed by atoms with van der Waals surface area (Å²) >= 11 is 1.64. The van der Waals surface area contributed by atoms with Gasteiger partial charge in [0, 0.05) is 30.8 Å². The molecule has 2 aromatic carbocycles. The summed E-state index contributed by atoms with van der Waals surface area (Å²) in [5.74, 6) is 1.06. The fourth-order valence-electron chi connectivity index (χ4n) is 1.88. The van der Waals surface area contributed by atoms with E-state index in [1.165, 1.54) is 24.3 Å². The monoisotopic (exact) mass is 335 g/mol. The SMILES string of the molecule is CN=C(NCCSc1ccc(F)cc1)NCc1ccc(F)cc1. The van der Waals surface area contributed by atoms with Crippen molar-refractivity contribution in [2.24, 2.45) is 4.99 Å². The molecule has 0 aliphatic rings. The summed E-state index contributed by atoms with van der Waals surface area (Å²) < 4.78 is 25.6. The van der Waals surface area contributed by atoms with Crippen molar-refractivity contribution in [2.75, 3.05) is 19.3 Å². The van der Waals surface area contributed by atoms with Crippen molar-refractivity contribution >= 4 is 17.7 Å². The fraction of sp³-hybridized carbons (Fsp3) is 0.235. The van der Waals surface area contributed by atoms with Crippen molar-refractivity contribution < 1.29 is 8.78 Å². The van der Waals surface area contributed by atoms with E-state index in [1.807, 2.05) is 0 Å². The summed E-state index contributed by atoms with van der Waals surface area (Å²) in [6.45, 7) is 1.30. The highest BCUT2D eigenvalue weighted by Gasteiger charge is 2.00. The third kappa shape index (κ3) is 6.28. The second kappa shape index (κ2) is 9.15. The van der Waals surface area contributed by atoms with E-state index in [0.717, 1.165) is 22.8 Å². The molecule has 0 spiro atoms. The first-order valence-corrected chi connectivity index (χ1v) is 8.23. The molecule has 0 fully saturated rings. The number of rotatable bonds is 6. The van der Waals surface area contributed by atoms with Crippen LogP contribution in [0.4, 0.5) is 8.78 Å². The average molecular weight is 335 g/mol. The minimum atomic E-state index is -0.242. The Morgan fingerprint density at radius 3 is 2.17 bits per heavy atom. The van der Waals surface area contributed by atoms with Gasteiger partial charge in [-0.05, 0) is 42.0 Å². The quantitative estimate of drug-likeness (QED) is 0.368. The van der Waals surface area contributed by atoms with Crippen molar-refractivity contribution in [3.63, 3.8) is 0 Å². The molecule has 2 aromatic rings. The number of halogens is 2. The highest BCUT2D eigenvalue weighted by molar-refractivity contribution is 7.99. The number of benzene rings is 2. The summed E-state index contributed by atoms with van der Waals surface area (Å²) in [7, 11) is 1.70. The van der Waals surface area contributed by atoms with Gasteiger partial charge in [0.2, 0.25) is 0 Å². The maximum absolute atomic E-state index is 12.8. The van der Waals surface area contributed by atoms with Crippen LogP contribution >= 0.6 is 11.8 Å². The van der Waals surface area contributed by atoms with Crippen LogP contribution in [0.3, 0.4) is 0 Å². The van der Waals surface area contributed by atoms with Crippen LogP contribution in [0.2, 0.25) is 0 Å². The number of aliphatic imine (C=N–C) groups is 1. The first-order chi connectivity index (χ1) is 11.2. The lowest BCUT2D eigenvalue weighted by Crippen LogP contribution is -2.37. The Hall–Kier alpha value is -2.08. The van der Waals surface area contributed by atoms with Crippen LogP contribution in [0.1, 0.15) is 5.56 Å². The molecule has 0 atom stereocenters. The van der Waals surface area contributed by atoms with E-state index >= 15 is 0 Å². The molecule has 0 bridgehead atoms. The molecule has 23 heavy (non-hydrogen) atoms. The molecule has 0 radical (unpaired) electrons. The number of nitrogens with one attached hydrogen (secondary N) is 2. The normalized spacial score (nSPS) is 11.3. The minimum absolute atomic E-state index is 0.224. The van der Waals surface area contributed by atoms with Crippen LogP contribution in [-0.4, -0.2) is 25.3 Å². The number of thioether (sulfide) groups is 1. The van der Waals surface area contributed by atoms with Gasteiger partial charge in [-0.15, -0.1) is 11.8 Å². The van der Waals surface area contributed by atoms with Gasteiger partial charge in [-0.1, -0.05) is 12.1 Å². The molecule has 0 aliphatic carbocycles. The zero-order chi connectivity index (χ0) is 16.5. The fourth-order valence-corrected chi connectivity index (χ4v) is 2.65. The molecule has 122 valence electrons. The Kier molecular flexibility index (Phi) is 6.87. The van der Waals surface area contributed by atoms with Gasteiger partial charge in [-0.25, -0.2) is 8.78 Å². The maximum Gasteiger partial charge on any atom is 0.191 e. The molecule has 3 nitrogen and oxygen atoms in total. The summed E-state index contributed by atoms with van der Waals surface area (Å²) in [4.78, 5) is 5.17. The lowest BCUT2D eigenvalue weighted by Gasteiger charge is -2.11. The topological polar surface area (TPSA) is 36.4 Å². The van der Waals surface area contributed by atoms with Crippen LogP contribution in [0, 0.1) is 11.6 Å². The Bertz CT molecular complexity index is 627. The molecular weight excluding hydrogens is 316 g/mol. The Labute approximate surface area is 139 Å². The lowest BCUT2D eigenvalue weighted by molar-refractivity contribution is 0.626. The van der Waals surface area contributed by atoms with E-state index in [4.69, 9.17) is 0 Å². The molecule has 0 amide bonds. The molecule has 2 N–H and O–H groups in total. The van der Waals surface area contributed by atoms with E-state index in [1.54, 1.807) is 43.1 Å². The van der Waals surface area contributed by atoms with Gasteiger partial charge in [0.1, 0.15) is 11.6 Å². The highest BCUT2D eigenvalue weighted by atomic mass is 32.2. The number of hydrogen-bond donors (Lipinski definition) is 2. The molecule has 2 rings (SSSR count). The van der Waals surface area contributed by atoms with E-state index in [9.17, 15) is 8.78 Å². The zero-order valence-electron chi connectivity index (χ0n) is 12.9. The standard InChI is InChI=1S/C17H19F2N3S/c1-20-17(22-12-13-2-4-14(18)5-3-13)21-10-11-23-16-8-6-15(19)7-9-16/h2-9H,10-12H2,1H3,(H2,20,21,22). The Morgan fingerprint density at radius 2 is 1.57 bits per heavy atom. The third-order valence-corrected chi connectivity index (χ3v) is 4.09. The second-order valence-electron chi connectivity index (χ2n) is 4.78. The minimum Gasteiger partial charge on any atom is -0.356 e. The van der Waals surface area contributed by atoms with E-state index in [2.05, 4.69) is 15.6 Å². The van der Waals surface area contributed by atoms with Crippen molar-refractivity contribution in [3.05, 3.63) is 65.7 Å². The Balaban J connectivity index is 1.68. The van der Waals surface area contributed by atoms with E-state index in [-0.39, 0.29) is 11.6 Å². The molecule has 0 aromatic heterocycles.